The quantitative estimate of drug-likeness (QED) is 0.765. The molecule has 0 aliphatic heterocycles. The lowest BCUT2D eigenvalue weighted by atomic mass is 10.1. The van der Waals surface area contributed by atoms with Crippen LogP contribution in [0.5, 0.6) is 0 Å². The Morgan fingerprint density at radius 3 is 2.15 bits per heavy atom. The molecule has 0 spiro atoms. The maximum atomic E-state index is 13.1. The van der Waals surface area contributed by atoms with Gasteiger partial charge < -0.3 is 5.32 Å². The molecule has 106 valence electrons. The minimum absolute atomic E-state index is 0.205. The van der Waals surface area contributed by atoms with Crippen molar-refractivity contribution in [2.45, 2.75) is 20.4 Å². The lowest BCUT2D eigenvalue weighted by Crippen LogP contribution is -2.04. The predicted molar refractivity (Wildman–Crippen MR) is 77.3 cm³/mol. The largest absolute Gasteiger partial charge is 0.380 e. The van der Waals surface area contributed by atoms with Crippen LogP contribution in [0, 0.1) is 31.3 Å². The lowest BCUT2D eigenvalue weighted by molar-refractivity contribution is 0.445. The van der Waals surface area contributed by atoms with Gasteiger partial charge >= 0.3 is 0 Å². The van der Waals surface area contributed by atoms with Gasteiger partial charge in [0.25, 0.3) is 0 Å². The molecule has 0 fully saturated rings. The SMILES string of the molecule is Cc1cc(C)c(NCc2cc(F)c(F)c(F)c2)c(Br)c1. The van der Waals surface area contributed by atoms with Gasteiger partial charge in [-0.15, -0.1) is 0 Å². The molecule has 2 aromatic rings. The molecule has 0 radical (unpaired) electrons. The summed E-state index contributed by atoms with van der Waals surface area (Å²) in [4.78, 5) is 0. The van der Waals surface area contributed by atoms with Gasteiger partial charge in [-0.2, -0.15) is 0 Å². The second kappa shape index (κ2) is 5.87. The van der Waals surface area contributed by atoms with Crippen molar-refractivity contribution >= 4 is 21.6 Å². The standard InChI is InChI=1S/C15H13BrF3N/c1-8-3-9(2)15(11(16)4-8)20-7-10-5-12(17)14(19)13(18)6-10/h3-6,20H,7H2,1-2H3. The summed E-state index contributed by atoms with van der Waals surface area (Å²) in [6.45, 7) is 4.12. The van der Waals surface area contributed by atoms with E-state index in [4.69, 9.17) is 0 Å². The Hall–Kier alpha value is -1.49. The molecule has 1 N–H and O–H groups in total. The van der Waals surface area contributed by atoms with Crippen LogP contribution in [0.3, 0.4) is 0 Å². The highest BCUT2D eigenvalue weighted by molar-refractivity contribution is 9.10. The van der Waals surface area contributed by atoms with Crippen molar-refractivity contribution in [1.29, 1.82) is 0 Å². The molecule has 5 heteroatoms. The fourth-order valence-corrected chi connectivity index (χ4v) is 2.85. The third kappa shape index (κ3) is 3.15. The Morgan fingerprint density at radius 2 is 1.60 bits per heavy atom. The third-order valence-corrected chi connectivity index (χ3v) is 3.57. The Bertz CT molecular complexity index is 610. The van der Waals surface area contributed by atoms with E-state index >= 15 is 0 Å². The molecule has 2 aromatic carbocycles. The van der Waals surface area contributed by atoms with Crippen LogP contribution >= 0.6 is 15.9 Å². The fourth-order valence-electron chi connectivity index (χ4n) is 2.04. The van der Waals surface area contributed by atoms with Crippen molar-refractivity contribution in [2.75, 3.05) is 5.32 Å². The Kier molecular flexibility index (Phi) is 4.38. The Labute approximate surface area is 123 Å². The molecule has 0 unspecified atom stereocenters. The van der Waals surface area contributed by atoms with Crippen molar-refractivity contribution in [3.8, 4) is 0 Å². The summed E-state index contributed by atoms with van der Waals surface area (Å²) in [6.07, 6.45) is 0. The van der Waals surface area contributed by atoms with Gasteiger partial charge in [0.2, 0.25) is 0 Å². The van der Waals surface area contributed by atoms with Gasteiger partial charge in [0.1, 0.15) is 0 Å². The molecule has 0 saturated carbocycles. The zero-order valence-electron chi connectivity index (χ0n) is 11.0. The molecule has 0 amide bonds. The van der Waals surface area contributed by atoms with E-state index in [1.807, 2.05) is 26.0 Å². The second-order valence-corrected chi connectivity index (χ2v) is 5.52. The highest BCUT2D eigenvalue weighted by atomic mass is 79.9. The van der Waals surface area contributed by atoms with Gasteiger partial charge in [0.15, 0.2) is 17.5 Å². The van der Waals surface area contributed by atoms with Crippen molar-refractivity contribution in [1.82, 2.24) is 0 Å². The summed E-state index contributed by atoms with van der Waals surface area (Å²) in [7, 11) is 0. The monoisotopic (exact) mass is 343 g/mol. The van der Waals surface area contributed by atoms with Gasteiger partial charge in [-0.25, -0.2) is 13.2 Å². The Balaban J connectivity index is 2.21. The molecule has 0 heterocycles. The van der Waals surface area contributed by atoms with Crippen molar-refractivity contribution < 1.29 is 13.2 Å². The second-order valence-electron chi connectivity index (χ2n) is 4.67. The van der Waals surface area contributed by atoms with Gasteiger partial charge in [0, 0.05) is 11.0 Å². The number of benzene rings is 2. The van der Waals surface area contributed by atoms with Crippen LogP contribution in [0.25, 0.3) is 0 Å². The van der Waals surface area contributed by atoms with Crippen LogP contribution in [-0.4, -0.2) is 0 Å². The van der Waals surface area contributed by atoms with E-state index in [0.29, 0.717) is 5.56 Å². The summed E-state index contributed by atoms with van der Waals surface area (Å²) in [5.74, 6) is -3.80. The molecule has 0 atom stereocenters. The maximum Gasteiger partial charge on any atom is 0.194 e. The highest BCUT2D eigenvalue weighted by Gasteiger charge is 2.11. The summed E-state index contributed by atoms with van der Waals surface area (Å²) in [6, 6.07) is 5.92. The first kappa shape index (κ1) is 14.9. The van der Waals surface area contributed by atoms with E-state index in [1.165, 1.54) is 0 Å². The molecule has 20 heavy (non-hydrogen) atoms. The first-order chi connectivity index (χ1) is 9.38. The van der Waals surface area contributed by atoms with E-state index in [1.54, 1.807) is 0 Å². The molecule has 0 bridgehead atoms. The van der Waals surface area contributed by atoms with E-state index in [-0.39, 0.29) is 6.54 Å². The van der Waals surface area contributed by atoms with Gasteiger partial charge in [-0.1, -0.05) is 6.07 Å². The topological polar surface area (TPSA) is 12.0 Å². The number of halogens is 4. The van der Waals surface area contributed by atoms with Crippen LogP contribution in [0.2, 0.25) is 0 Å². The van der Waals surface area contributed by atoms with E-state index in [9.17, 15) is 13.2 Å². The lowest BCUT2D eigenvalue weighted by Gasteiger charge is -2.13. The first-order valence-electron chi connectivity index (χ1n) is 6.02. The molecular weight excluding hydrogens is 331 g/mol. The minimum Gasteiger partial charge on any atom is -0.380 e. The zero-order chi connectivity index (χ0) is 14.9. The number of anilines is 1. The number of nitrogens with one attached hydrogen (secondary N) is 1. The molecule has 0 saturated heterocycles. The van der Waals surface area contributed by atoms with Gasteiger partial charge in [-0.05, 0) is 64.7 Å². The van der Waals surface area contributed by atoms with Crippen LogP contribution in [0.1, 0.15) is 16.7 Å². The van der Waals surface area contributed by atoms with Crippen LogP contribution in [0.15, 0.2) is 28.7 Å². The predicted octanol–water partition coefficient (Wildman–Crippen LogP) is 5.10. The molecular formula is C15H13BrF3N. The Morgan fingerprint density at radius 1 is 1.00 bits per heavy atom. The van der Waals surface area contributed by atoms with Gasteiger partial charge in [0.05, 0.1) is 5.69 Å². The number of aryl methyl sites for hydroxylation is 2. The maximum absolute atomic E-state index is 13.1. The van der Waals surface area contributed by atoms with E-state index in [0.717, 1.165) is 33.4 Å². The summed E-state index contributed by atoms with van der Waals surface area (Å²) in [5, 5.41) is 3.10. The zero-order valence-corrected chi connectivity index (χ0v) is 12.6. The number of rotatable bonds is 3. The summed E-state index contributed by atoms with van der Waals surface area (Å²) in [5.41, 5.74) is 3.31. The van der Waals surface area contributed by atoms with Gasteiger partial charge in [-0.3, -0.25) is 0 Å². The first-order valence-corrected chi connectivity index (χ1v) is 6.82. The molecule has 0 aromatic heterocycles. The molecule has 0 aliphatic rings. The smallest absolute Gasteiger partial charge is 0.194 e. The van der Waals surface area contributed by atoms with E-state index in [2.05, 4.69) is 21.2 Å². The third-order valence-electron chi connectivity index (χ3n) is 2.94. The number of hydrogen-bond donors (Lipinski definition) is 1. The van der Waals surface area contributed by atoms with E-state index < -0.39 is 17.5 Å². The molecule has 0 aliphatic carbocycles. The highest BCUT2D eigenvalue weighted by Crippen LogP contribution is 2.28. The van der Waals surface area contributed by atoms with Crippen LogP contribution in [0.4, 0.5) is 18.9 Å². The number of hydrogen-bond acceptors (Lipinski definition) is 1. The van der Waals surface area contributed by atoms with Crippen LogP contribution < -0.4 is 5.32 Å². The molecule has 2 rings (SSSR count). The van der Waals surface area contributed by atoms with Crippen molar-refractivity contribution in [3.63, 3.8) is 0 Å². The molecule has 1 nitrogen and oxygen atoms in total. The van der Waals surface area contributed by atoms with Crippen molar-refractivity contribution in [3.05, 3.63) is 62.9 Å². The average Bonchev–Trinajstić information content (AvgIpc) is 2.34. The van der Waals surface area contributed by atoms with Crippen molar-refractivity contribution in [2.24, 2.45) is 0 Å². The summed E-state index contributed by atoms with van der Waals surface area (Å²) < 4.78 is 40.0. The van der Waals surface area contributed by atoms with Crippen LogP contribution in [-0.2, 0) is 6.54 Å². The summed E-state index contributed by atoms with van der Waals surface area (Å²) >= 11 is 3.44. The minimum atomic E-state index is -1.44. The normalized spacial score (nSPS) is 10.7. The average molecular weight is 344 g/mol. The fraction of sp³-hybridized carbons (Fsp3) is 0.200.